The molecule has 0 bridgehead atoms. The smallest absolute Gasteiger partial charge is 0.305 e. The fourth-order valence-electron chi connectivity index (χ4n) is 1.87. The molecule has 0 aliphatic rings. The van der Waals surface area contributed by atoms with E-state index in [1.165, 1.54) is 0 Å². The van der Waals surface area contributed by atoms with E-state index < -0.39 is 0 Å². The van der Waals surface area contributed by atoms with Gasteiger partial charge in [-0.05, 0) is 48.7 Å². The van der Waals surface area contributed by atoms with E-state index in [1.54, 1.807) is 17.7 Å². The summed E-state index contributed by atoms with van der Waals surface area (Å²) in [5.74, 6) is -0.141. The summed E-state index contributed by atoms with van der Waals surface area (Å²) < 4.78 is 7.48. The van der Waals surface area contributed by atoms with E-state index >= 15 is 0 Å². The van der Waals surface area contributed by atoms with Crippen molar-refractivity contribution < 1.29 is 9.53 Å². The molecule has 0 aromatic carbocycles. The third-order valence-electron chi connectivity index (χ3n) is 2.82. The van der Waals surface area contributed by atoms with E-state index in [0.717, 1.165) is 29.3 Å². The second-order valence-electron chi connectivity index (χ2n) is 4.46. The van der Waals surface area contributed by atoms with Crippen molar-refractivity contribution in [1.29, 1.82) is 0 Å². The van der Waals surface area contributed by atoms with Gasteiger partial charge in [0.05, 0.1) is 6.61 Å². The topological polar surface area (TPSA) is 48.3 Å². The van der Waals surface area contributed by atoms with Crippen LogP contribution in [0.4, 0.5) is 0 Å². The van der Waals surface area contributed by atoms with E-state index in [0.29, 0.717) is 19.6 Å². The Hall–Kier alpha value is -1.10. The molecule has 0 N–H and O–H groups in total. The second kappa shape index (κ2) is 8.15. The lowest BCUT2D eigenvalue weighted by Crippen LogP contribution is -2.21. The van der Waals surface area contributed by atoms with E-state index in [-0.39, 0.29) is 11.5 Å². The Labute approximate surface area is 121 Å². The second-order valence-corrected chi connectivity index (χ2v) is 5.37. The number of ether oxygens (including phenoxy) is 1. The van der Waals surface area contributed by atoms with Gasteiger partial charge in [0.25, 0.3) is 5.56 Å². The Morgan fingerprint density at radius 3 is 2.79 bits per heavy atom. The monoisotopic (exact) mass is 329 g/mol. The van der Waals surface area contributed by atoms with Crippen LogP contribution in [0, 0.1) is 6.92 Å². The highest BCUT2D eigenvalue weighted by atomic mass is 79.9. The summed E-state index contributed by atoms with van der Waals surface area (Å²) >= 11 is 3.39. The number of hydrogen-bond donors (Lipinski definition) is 0. The molecule has 0 unspecified atom stereocenters. The van der Waals surface area contributed by atoms with Gasteiger partial charge in [-0.15, -0.1) is 0 Å². The van der Waals surface area contributed by atoms with Gasteiger partial charge in [0.2, 0.25) is 0 Å². The van der Waals surface area contributed by atoms with Crippen LogP contribution < -0.4 is 5.56 Å². The minimum atomic E-state index is -0.141. The number of aryl methyl sites for hydroxylation is 2. The molecule has 0 spiro atoms. The van der Waals surface area contributed by atoms with Gasteiger partial charge >= 0.3 is 5.97 Å². The van der Waals surface area contributed by atoms with Crippen LogP contribution in [0.5, 0.6) is 0 Å². The first kappa shape index (κ1) is 16.0. The van der Waals surface area contributed by atoms with Gasteiger partial charge in [0.1, 0.15) is 0 Å². The maximum Gasteiger partial charge on any atom is 0.305 e. The maximum absolute atomic E-state index is 11.8. The van der Waals surface area contributed by atoms with Crippen molar-refractivity contribution in [3.05, 3.63) is 32.7 Å². The Bertz CT molecular complexity index is 482. The number of carbonyl (C=O) groups excluding carboxylic acids is 1. The van der Waals surface area contributed by atoms with Gasteiger partial charge in [-0.1, -0.05) is 6.42 Å². The molecule has 19 heavy (non-hydrogen) atoms. The normalized spacial score (nSPS) is 10.5. The van der Waals surface area contributed by atoms with Crippen LogP contribution >= 0.6 is 15.9 Å². The van der Waals surface area contributed by atoms with E-state index in [4.69, 9.17) is 4.74 Å². The predicted molar refractivity (Wildman–Crippen MR) is 78.2 cm³/mol. The maximum atomic E-state index is 11.8. The lowest BCUT2D eigenvalue weighted by molar-refractivity contribution is -0.143. The van der Waals surface area contributed by atoms with Gasteiger partial charge in [-0.2, -0.15) is 0 Å². The zero-order chi connectivity index (χ0) is 14.3. The molecule has 0 fully saturated rings. The standard InChI is InChI=1S/C14H20BrNO3/c1-3-19-13(17)7-5-4-6-8-16-10-12(15)9-11(2)14(16)18/h9-10H,3-8H2,1-2H3. The lowest BCUT2D eigenvalue weighted by atomic mass is 10.2. The zero-order valence-corrected chi connectivity index (χ0v) is 13.0. The van der Waals surface area contributed by atoms with E-state index in [1.807, 2.05) is 13.0 Å². The molecule has 5 heteroatoms. The highest BCUT2D eigenvalue weighted by Crippen LogP contribution is 2.09. The highest BCUT2D eigenvalue weighted by molar-refractivity contribution is 9.10. The van der Waals surface area contributed by atoms with Crippen LogP contribution in [0.25, 0.3) is 0 Å². The summed E-state index contributed by atoms with van der Waals surface area (Å²) in [6.45, 7) is 4.73. The highest BCUT2D eigenvalue weighted by Gasteiger charge is 2.03. The van der Waals surface area contributed by atoms with E-state index in [9.17, 15) is 9.59 Å². The van der Waals surface area contributed by atoms with Crippen molar-refractivity contribution in [3.8, 4) is 0 Å². The number of unbranched alkanes of at least 4 members (excludes halogenated alkanes) is 2. The number of rotatable bonds is 7. The largest absolute Gasteiger partial charge is 0.466 e. The predicted octanol–water partition coefficient (Wildman–Crippen LogP) is 3.04. The number of carbonyl (C=O) groups is 1. The summed E-state index contributed by atoms with van der Waals surface area (Å²) in [6, 6.07) is 1.82. The number of esters is 1. The van der Waals surface area contributed by atoms with Gasteiger partial charge < -0.3 is 9.30 Å². The van der Waals surface area contributed by atoms with Crippen LogP contribution in [-0.4, -0.2) is 17.1 Å². The first-order valence-corrected chi connectivity index (χ1v) is 7.36. The SMILES string of the molecule is CCOC(=O)CCCCCn1cc(Br)cc(C)c1=O. The molecular formula is C14H20BrNO3. The number of aromatic nitrogens is 1. The molecule has 1 rings (SSSR count). The fraction of sp³-hybridized carbons (Fsp3) is 0.571. The van der Waals surface area contributed by atoms with E-state index in [2.05, 4.69) is 15.9 Å². The number of nitrogens with zero attached hydrogens (tertiary/aromatic N) is 1. The minimum absolute atomic E-state index is 0.0496. The average molecular weight is 330 g/mol. The van der Waals surface area contributed by atoms with Crippen LogP contribution in [0.2, 0.25) is 0 Å². The summed E-state index contributed by atoms with van der Waals surface area (Å²) in [5, 5.41) is 0. The Morgan fingerprint density at radius 2 is 2.11 bits per heavy atom. The molecule has 106 valence electrons. The molecular weight excluding hydrogens is 310 g/mol. The molecule has 1 heterocycles. The fourth-order valence-corrected chi connectivity index (χ4v) is 2.46. The Kier molecular flexibility index (Phi) is 6.84. The average Bonchev–Trinajstić information content (AvgIpc) is 2.34. The quantitative estimate of drug-likeness (QED) is 0.570. The molecule has 0 atom stereocenters. The summed E-state index contributed by atoms with van der Waals surface area (Å²) in [7, 11) is 0. The zero-order valence-electron chi connectivity index (χ0n) is 11.4. The summed E-state index contributed by atoms with van der Waals surface area (Å²) in [4.78, 5) is 23.0. The van der Waals surface area contributed by atoms with Crippen molar-refractivity contribution in [2.75, 3.05) is 6.61 Å². The molecule has 0 saturated heterocycles. The van der Waals surface area contributed by atoms with Gasteiger partial charge in [-0.25, -0.2) is 0 Å². The third kappa shape index (κ3) is 5.59. The Morgan fingerprint density at radius 1 is 1.37 bits per heavy atom. The minimum Gasteiger partial charge on any atom is -0.466 e. The molecule has 1 aromatic heterocycles. The van der Waals surface area contributed by atoms with Crippen molar-refractivity contribution in [2.24, 2.45) is 0 Å². The molecule has 0 amide bonds. The van der Waals surface area contributed by atoms with Crippen LogP contribution in [0.3, 0.4) is 0 Å². The molecule has 0 aliphatic carbocycles. The van der Waals surface area contributed by atoms with Crippen molar-refractivity contribution in [2.45, 2.75) is 46.1 Å². The molecule has 1 aromatic rings. The molecule has 4 nitrogen and oxygen atoms in total. The van der Waals surface area contributed by atoms with Gasteiger partial charge in [0, 0.05) is 29.2 Å². The van der Waals surface area contributed by atoms with Crippen LogP contribution in [0.15, 0.2) is 21.5 Å². The first-order chi connectivity index (χ1) is 9.04. The van der Waals surface area contributed by atoms with Crippen molar-refractivity contribution in [3.63, 3.8) is 0 Å². The first-order valence-electron chi connectivity index (χ1n) is 6.56. The lowest BCUT2D eigenvalue weighted by Gasteiger charge is -2.07. The van der Waals surface area contributed by atoms with Crippen LogP contribution in [-0.2, 0) is 16.1 Å². The van der Waals surface area contributed by atoms with Crippen LogP contribution in [0.1, 0.15) is 38.2 Å². The Balaban J connectivity index is 2.34. The molecule has 0 aliphatic heterocycles. The van der Waals surface area contributed by atoms with Gasteiger partial charge in [-0.3, -0.25) is 9.59 Å². The van der Waals surface area contributed by atoms with Crippen molar-refractivity contribution in [1.82, 2.24) is 4.57 Å². The van der Waals surface area contributed by atoms with Gasteiger partial charge in [0.15, 0.2) is 0 Å². The summed E-state index contributed by atoms with van der Waals surface area (Å²) in [6.07, 6.45) is 4.87. The molecule has 0 radical (unpaired) electrons. The molecule has 0 saturated carbocycles. The number of halogens is 1. The van der Waals surface area contributed by atoms with Crippen molar-refractivity contribution >= 4 is 21.9 Å². The number of hydrogen-bond acceptors (Lipinski definition) is 3. The summed E-state index contributed by atoms with van der Waals surface area (Å²) in [5.41, 5.74) is 0.787. The third-order valence-corrected chi connectivity index (χ3v) is 3.25. The number of pyridine rings is 1.